The van der Waals surface area contributed by atoms with Gasteiger partial charge in [-0.05, 0) is 13.1 Å². The Hall–Kier alpha value is -1.72. The minimum Gasteiger partial charge on any atom is -0.318 e. The second-order valence-corrected chi connectivity index (χ2v) is 5.67. The molecule has 0 amide bonds. The van der Waals surface area contributed by atoms with Crippen molar-refractivity contribution in [1.82, 2.24) is 10.0 Å². The maximum Gasteiger partial charge on any atom is 0.417 e. The van der Waals surface area contributed by atoms with Crippen LogP contribution in [0.25, 0.3) is 0 Å². The Kier molecular flexibility index (Phi) is 5.25. The van der Waals surface area contributed by atoms with Crippen LogP contribution < -0.4 is 10.0 Å². The second-order valence-electron chi connectivity index (χ2n) is 3.94. The Labute approximate surface area is 118 Å². The topological polar surface area (TPSA) is 101 Å². The highest BCUT2D eigenvalue weighted by Crippen LogP contribution is 2.36. The fraction of sp³-hybridized carbons (Fsp3) is 0.400. The third kappa shape index (κ3) is 4.37. The third-order valence-corrected chi connectivity index (χ3v) is 3.96. The number of likely N-dealkylation sites (N-methyl/N-ethyl adjacent to an activating group) is 1. The van der Waals surface area contributed by atoms with Crippen molar-refractivity contribution in [2.75, 3.05) is 20.1 Å². The average molecular weight is 327 g/mol. The molecule has 118 valence electrons. The molecule has 1 rings (SSSR count). The standard InChI is InChI=1S/C10H12F3N3O4S/c1-14-4-5-15-21(19,20)9-3-2-7(16(17)18)6-8(9)10(11,12)13/h2-3,6,14-15H,4-5H2,1H3. The molecule has 2 N–H and O–H groups in total. The number of rotatable bonds is 6. The maximum absolute atomic E-state index is 12.9. The van der Waals surface area contributed by atoms with Gasteiger partial charge in [-0.2, -0.15) is 13.2 Å². The van der Waals surface area contributed by atoms with Crippen LogP contribution in [0.15, 0.2) is 23.1 Å². The highest BCUT2D eigenvalue weighted by molar-refractivity contribution is 7.89. The van der Waals surface area contributed by atoms with Gasteiger partial charge in [0.1, 0.15) is 0 Å². The summed E-state index contributed by atoms with van der Waals surface area (Å²) >= 11 is 0. The van der Waals surface area contributed by atoms with E-state index in [-0.39, 0.29) is 19.2 Å². The fourth-order valence-corrected chi connectivity index (χ4v) is 2.71. The van der Waals surface area contributed by atoms with Crippen molar-refractivity contribution in [2.24, 2.45) is 0 Å². The monoisotopic (exact) mass is 327 g/mol. The highest BCUT2D eigenvalue weighted by Gasteiger charge is 2.38. The quantitative estimate of drug-likeness (QED) is 0.463. The van der Waals surface area contributed by atoms with Gasteiger partial charge in [-0.25, -0.2) is 13.1 Å². The Morgan fingerprint density at radius 2 is 1.90 bits per heavy atom. The number of sulfonamides is 1. The summed E-state index contributed by atoms with van der Waals surface area (Å²) in [5.41, 5.74) is -2.41. The van der Waals surface area contributed by atoms with Gasteiger partial charge in [-0.1, -0.05) is 0 Å². The number of hydrogen-bond donors (Lipinski definition) is 2. The first-order valence-electron chi connectivity index (χ1n) is 5.59. The molecule has 0 unspecified atom stereocenters. The van der Waals surface area contributed by atoms with E-state index in [9.17, 15) is 31.7 Å². The number of halogens is 3. The Bertz CT molecular complexity index is 631. The molecule has 0 atom stereocenters. The molecule has 0 fully saturated rings. The zero-order valence-electron chi connectivity index (χ0n) is 10.8. The van der Waals surface area contributed by atoms with E-state index in [0.717, 1.165) is 0 Å². The minimum atomic E-state index is -5.03. The SMILES string of the molecule is CNCCNS(=O)(=O)c1ccc([N+](=O)[O-])cc1C(F)(F)F. The molecule has 1 aromatic rings. The van der Waals surface area contributed by atoms with Crippen molar-refractivity contribution < 1.29 is 26.5 Å². The van der Waals surface area contributed by atoms with E-state index in [1.54, 1.807) is 7.05 Å². The number of nitro benzene ring substituents is 1. The van der Waals surface area contributed by atoms with Crippen LogP contribution in [-0.2, 0) is 16.2 Å². The molecular formula is C10H12F3N3O4S. The minimum absolute atomic E-state index is 0.118. The number of non-ortho nitro benzene ring substituents is 1. The first kappa shape index (κ1) is 17.3. The molecule has 0 saturated carbocycles. The lowest BCUT2D eigenvalue weighted by Crippen LogP contribution is -2.31. The van der Waals surface area contributed by atoms with E-state index < -0.39 is 37.3 Å². The zero-order valence-corrected chi connectivity index (χ0v) is 11.6. The Balaban J connectivity index is 3.32. The Morgan fingerprint density at radius 1 is 1.29 bits per heavy atom. The van der Waals surface area contributed by atoms with Crippen LogP contribution in [0.2, 0.25) is 0 Å². The van der Waals surface area contributed by atoms with Gasteiger partial charge in [0.05, 0.1) is 15.4 Å². The molecule has 0 saturated heterocycles. The van der Waals surface area contributed by atoms with Gasteiger partial charge < -0.3 is 5.32 Å². The van der Waals surface area contributed by atoms with Crippen LogP contribution in [0.4, 0.5) is 18.9 Å². The van der Waals surface area contributed by atoms with Crippen molar-refractivity contribution in [2.45, 2.75) is 11.1 Å². The maximum atomic E-state index is 12.9. The van der Waals surface area contributed by atoms with E-state index in [1.165, 1.54) is 0 Å². The van der Waals surface area contributed by atoms with Gasteiger partial charge >= 0.3 is 6.18 Å². The lowest BCUT2D eigenvalue weighted by atomic mass is 10.2. The zero-order chi connectivity index (χ0) is 16.3. The number of nitro groups is 1. The van der Waals surface area contributed by atoms with Crippen molar-refractivity contribution in [3.8, 4) is 0 Å². The van der Waals surface area contributed by atoms with Gasteiger partial charge in [-0.3, -0.25) is 10.1 Å². The molecule has 7 nitrogen and oxygen atoms in total. The number of nitrogens with zero attached hydrogens (tertiary/aromatic N) is 1. The van der Waals surface area contributed by atoms with Gasteiger partial charge in [0.15, 0.2) is 0 Å². The molecule has 1 aromatic carbocycles. The molecule has 0 radical (unpaired) electrons. The smallest absolute Gasteiger partial charge is 0.318 e. The number of alkyl halides is 3. The fourth-order valence-electron chi connectivity index (χ4n) is 1.48. The van der Waals surface area contributed by atoms with Crippen molar-refractivity contribution in [3.63, 3.8) is 0 Å². The van der Waals surface area contributed by atoms with Gasteiger partial charge in [0, 0.05) is 25.2 Å². The first-order chi connectivity index (χ1) is 9.59. The third-order valence-electron chi connectivity index (χ3n) is 2.44. The molecule has 0 aliphatic heterocycles. The van der Waals surface area contributed by atoms with Crippen LogP contribution in [0, 0.1) is 10.1 Å². The molecule has 0 bridgehead atoms. The number of benzene rings is 1. The molecule has 0 aliphatic rings. The Morgan fingerprint density at radius 3 is 2.38 bits per heavy atom. The van der Waals surface area contributed by atoms with Crippen LogP contribution >= 0.6 is 0 Å². The predicted octanol–water partition coefficient (Wildman–Crippen LogP) is 1.11. The van der Waals surface area contributed by atoms with Gasteiger partial charge in [0.2, 0.25) is 10.0 Å². The van der Waals surface area contributed by atoms with Crippen LogP contribution in [0.5, 0.6) is 0 Å². The summed E-state index contributed by atoms with van der Waals surface area (Å²) in [6.45, 7) is 0.0979. The van der Waals surface area contributed by atoms with Crippen LogP contribution in [-0.4, -0.2) is 33.5 Å². The summed E-state index contributed by atoms with van der Waals surface area (Å²) in [6.07, 6.45) is -5.03. The van der Waals surface area contributed by atoms with Crippen molar-refractivity contribution in [3.05, 3.63) is 33.9 Å². The average Bonchev–Trinajstić information content (AvgIpc) is 2.37. The van der Waals surface area contributed by atoms with E-state index >= 15 is 0 Å². The van der Waals surface area contributed by atoms with E-state index in [2.05, 4.69) is 5.32 Å². The van der Waals surface area contributed by atoms with Crippen LogP contribution in [0.3, 0.4) is 0 Å². The van der Waals surface area contributed by atoms with E-state index in [4.69, 9.17) is 0 Å². The summed E-state index contributed by atoms with van der Waals surface area (Å²) in [6, 6.07) is 1.48. The molecule has 0 aliphatic carbocycles. The summed E-state index contributed by atoms with van der Waals surface area (Å²) < 4.78 is 64.3. The summed E-state index contributed by atoms with van der Waals surface area (Å²) in [5.74, 6) is 0. The molecule has 0 spiro atoms. The lowest BCUT2D eigenvalue weighted by molar-refractivity contribution is -0.385. The van der Waals surface area contributed by atoms with Gasteiger partial charge in [0.25, 0.3) is 5.69 Å². The van der Waals surface area contributed by atoms with E-state index in [0.29, 0.717) is 12.1 Å². The van der Waals surface area contributed by atoms with E-state index in [1.807, 2.05) is 4.72 Å². The largest absolute Gasteiger partial charge is 0.417 e. The molecule has 0 heterocycles. The number of hydrogen-bond acceptors (Lipinski definition) is 5. The second kappa shape index (κ2) is 6.37. The summed E-state index contributed by atoms with van der Waals surface area (Å²) in [5, 5.41) is 13.1. The molecule has 0 aromatic heterocycles. The van der Waals surface area contributed by atoms with Crippen LogP contribution in [0.1, 0.15) is 5.56 Å². The van der Waals surface area contributed by atoms with Crippen molar-refractivity contribution >= 4 is 15.7 Å². The normalized spacial score (nSPS) is 12.4. The predicted molar refractivity (Wildman–Crippen MR) is 67.2 cm³/mol. The highest BCUT2D eigenvalue weighted by atomic mass is 32.2. The molecule has 21 heavy (non-hydrogen) atoms. The first-order valence-corrected chi connectivity index (χ1v) is 7.08. The molecule has 11 heteroatoms. The van der Waals surface area contributed by atoms with Crippen molar-refractivity contribution in [1.29, 1.82) is 0 Å². The summed E-state index contributed by atoms with van der Waals surface area (Å²) in [4.78, 5) is 8.44. The summed E-state index contributed by atoms with van der Waals surface area (Å²) in [7, 11) is -2.88. The van der Waals surface area contributed by atoms with Gasteiger partial charge in [-0.15, -0.1) is 0 Å². The number of nitrogens with one attached hydrogen (secondary N) is 2. The molecular weight excluding hydrogens is 315 g/mol. The lowest BCUT2D eigenvalue weighted by Gasteiger charge is -2.13.